The molecule has 106 valence electrons. The summed E-state index contributed by atoms with van der Waals surface area (Å²) >= 11 is 1.48. The van der Waals surface area contributed by atoms with Crippen LogP contribution in [0.25, 0.3) is 0 Å². The lowest BCUT2D eigenvalue weighted by Gasteiger charge is -2.08. The van der Waals surface area contributed by atoms with E-state index in [0.29, 0.717) is 23.8 Å². The molecular formula is C14H15F2N3S. The monoisotopic (exact) mass is 295 g/mol. The Morgan fingerprint density at radius 3 is 2.50 bits per heavy atom. The van der Waals surface area contributed by atoms with Gasteiger partial charge in [-0.25, -0.2) is 18.7 Å². The van der Waals surface area contributed by atoms with Crippen molar-refractivity contribution in [3.63, 3.8) is 0 Å². The summed E-state index contributed by atoms with van der Waals surface area (Å²) in [5.74, 6) is 0.606. The number of thioether (sulfide) groups is 1. The molecule has 0 unspecified atom stereocenters. The Balaban J connectivity index is 2.11. The number of anilines is 1. The van der Waals surface area contributed by atoms with E-state index < -0.39 is 5.82 Å². The molecule has 0 fully saturated rings. The number of aromatic nitrogens is 2. The van der Waals surface area contributed by atoms with E-state index in [1.54, 1.807) is 19.1 Å². The van der Waals surface area contributed by atoms with Crippen LogP contribution in [0.5, 0.6) is 0 Å². The van der Waals surface area contributed by atoms with E-state index in [9.17, 15) is 8.78 Å². The van der Waals surface area contributed by atoms with Crippen molar-refractivity contribution >= 4 is 17.6 Å². The first kappa shape index (κ1) is 14.7. The molecule has 1 aromatic heterocycles. The largest absolute Gasteiger partial charge is 0.368 e. The van der Waals surface area contributed by atoms with Crippen molar-refractivity contribution in [2.75, 3.05) is 11.9 Å². The fourth-order valence-electron chi connectivity index (χ4n) is 1.64. The summed E-state index contributed by atoms with van der Waals surface area (Å²) in [7, 11) is 0. The first-order valence-electron chi connectivity index (χ1n) is 6.25. The number of nitrogens with zero attached hydrogens (tertiary/aromatic N) is 2. The minimum absolute atomic E-state index is 0.231. The van der Waals surface area contributed by atoms with Crippen molar-refractivity contribution in [3.8, 4) is 0 Å². The van der Waals surface area contributed by atoms with Crippen LogP contribution >= 0.6 is 11.8 Å². The predicted molar refractivity (Wildman–Crippen MR) is 76.9 cm³/mol. The third-order valence-corrected chi connectivity index (χ3v) is 3.60. The fourth-order valence-corrected chi connectivity index (χ4v) is 2.40. The first-order valence-corrected chi connectivity index (χ1v) is 7.24. The summed E-state index contributed by atoms with van der Waals surface area (Å²) in [4.78, 5) is 9.21. The summed E-state index contributed by atoms with van der Waals surface area (Å²) in [6, 6.07) is 6.20. The van der Waals surface area contributed by atoms with E-state index in [1.165, 1.54) is 23.9 Å². The van der Waals surface area contributed by atoms with Crippen molar-refractivity contribution in [2.24, 2.45) is 0 Å². The molecule has 6 heteroatoms. The van der Waals surface area contributed by atoms with Gasteiger partial charge in [0, 0.05) is 11.4 Å². The summed E-state index contributed by atoms with van der Waals surface area (Å²) in [5.41, 5.74) is 0.325. The van der Waals surface area contributed by atoms with Crippen LogP contribution in [0.1, 0.15) is 18.4 Å². The molecule has 0 spiro atoms. The molecule has 1 aromatic carbocycles. The second kappa shape index (κ2) is 6.65. The van der Waals surface area contributed by atoms with Gasteiger partial charge in [-0.15, -0.1) is 11.8 Å². The van der Waals surface area contributed by atoms with Crippen LogP contribution in [-0.4, -0.2) is 16.5 Å². The minimum atomic E-state index is -0.414. The molecule has 0 amide bonds. The number of aryl methyl sites for hydroxylation is 1. The lowest BCUT2D eigenvalue weighted by Crippen LogP contribution is -2.08. The first-order chi connectivity index (χ1) is 9.60. The van der Waals surface area contributed by atoms with E-state index in [0.717, 1.165) is 4.90 Å². The van der Waals surface area contributed by atoms with Crippen LogP contribution in [0.2, 0.25) is 0 Å². The van der Waals surface area contributed by atoms with Crippen LogP contribution in [0, 0.1) is 18.6 Å². The Bertz CT molecular complexity index is 588. The average molecular weight is 295 g/mol. The van der Waals surface area contributed by atoms with E-state index in [1.807, 2.05) is 6.92 Å². The molecule has 2 rings (SSSR count). The maximum absolute atomic E-state index is 13.7. The Morgan fingerprint density at radius 1 is 1.15 bits per heavy atom. The lowest BCUT2D eigenvalue weighted by molar-refractivity contribution is 0.602. The van der Waals surface area contributed by atoms with Crippen LogP contribution in [0.4, 0.5) is 14.6 Å². The molecule has 3 nitrogen and oxygen atoms in total. The predicted octanol–water partition coefficient (Wildman–Crippen LogP) is 3.79. The third kappa shape index (κ3) is 3.66. The topological polar surface area (TPSA) is 37.8 Å². The average Bonchev–Trinajstić information content (AvgIpc) is 2.44. The molecule has 0 atom stereocenters. The van der Waals surface area contributed by atoms with Crippen LogP contribution in [-0.2, 0) is 5.75 Å². The van der Waals surface area contributed by atoms with Gasteiger partial charge in [0.25, 0.3) is 0 Å². The standard InChI is InChI=1S/C14H15F2N3S/c1-3-17-14-13(16)9(2)18-12(19-14)8-20-11-6-4-10(15)5-7-11/h4-7H,3,8H2,1-2H3,(H,17,18,19). The van der Waals surface area contributed by atoms with Crippen LogP contribution < -0.4 is 5.32 Å². The maximum Gasteiger partial charge on any atom is 0.186 e. The number of halogens is 2. The van der Waals surface area contributed by atoms with Gasteiger partial charge in [0.15, 0.2) is 11.6 Å². The number of hydrogen-bond acceptors (Lipinski definition) is 4. The molecule has 0 radical (unpaired) electrons. The van der Waals surface area contributed by atoms with Gasteiger partial charge in [0.05, 0.1) is 11.4 Å². The van der Waals surface area contributed by atoms with Crippen molar-refractivity contribution in [1.82, 2.24) is 9.97 Å². The zero-order valence-corrected chi connectivity index (χ0v) is 12.1. The van der Waals surface area contributed by atoms with E-state index in [2.05, 4.69) is 15.3 Å². The van der Waals surface area contributed by atoms with E-state index in [4.69, 9.17) is 0 Å². The SMILES string of the molecule is CCNc1nc(CSc2ccc(F)cc2)nc(C)c1F. The van der Waals surface area contributed by atoms with Crippen molar-refractivity contribution in [3.05, 3.63) is 47.4 Å². The molecule has 0 saturated heterocycles. The second-order valence-corrected chi connectivity index (χ2v) is 5.21. The highest BCUT2D eigenvalue weighted by atomic mass is 32.2. The highest BCUT2D eigenvalue weighted by Crippen LogP contribution is 2.23. The van der Waals surface area contributed by atoms with Gasteiger partial charge >= 0.3 is 0 Å². The van der Waals surface area contributed by atoms with Crippen molar-refractivity contribution in [2.45, 2.75) is 24.5 Å². The van der Waals surface area contributed by atoms with E-state index in [-0.39, 0.29) is 11.6 Å². The molecule has 1 heterocycles. The Morgan fingerprint density at radius 2 is 1.85 bits per heavy atom. The van der Waals surface area contributed by atoms with Gasteiger partial charge < -0.3 is 5.32 Å². The summed E-state index contributed by atoms with van der Waals surface area (Å²) < 4.78 is 26.5. The zero-order chi connectivity index (χ0) is 14.5. The highest BCUT2D eigenvalue weighted by molar-refractivity contribution is 7.98. The van der Waals surface area contributed by atoms with Gasteiger partial charge in [0.2, 0.25) is 0 Å². The van der Waals surface area contributed by atoms with Gasteiger partial charge in [-0.1, -0.05) is 0 Å². The summed E-state index contributed by atoms with van der Waals surface area (Å²) in [6.45, 7) is 4.09. The highest BCUT2D eigenvalue weighted by Gasteiger charge is 2.10. The normalized spacial score (nSPS) is 10.6. The molecule has 0 aliphatic rings. The molecular weight excluding hydrogens is 280 g/mol. The molecule has 0 bridgehead atoms. The van der Waals surface area contributed by atoms with Crippen LogP contribution in [0.3, 0.4) is 0 Å². The third-order valence-electron chi connectivity index (χ3n) is 2.59. The van der Waals surface area contributed by atoms with Crippen molar-refractivity contribution in [1.29, 1.82) is 0 Å². The minimum Gasteiger partial charge on any atom is -0.368 e. The molecule has 0 saturated carbocycles. The Hall–Kier alpha value is -1.69. The molecule has 1 N–H and O–H groups in total. The van der Waals surface area contributed by atoms with Crippen LogP contribution in [0.15, 0.2) is 29.2 Å². The summed E-state index contributed by atoms with van der Waals surface area (Å²) in [6.07, 6.45) is 0. The Kier molecular flexibility index (Phi) is 4.89. The molecule has 0 aliphatic heterocycles. The number of hydrogen-bond donors (Lipinski definition) is 1. The van der Waals surface area contributed by atoms with E-state index >= 15 is 0 Å². The number of benzene rings is 1. The van der Waals surface area contributed by atoms with Gasteiger partial charge in [-0.2, -0.15) is 0 Å². The van der Waals surface area contributed by atoms with Gasteiger partial charge in [0.1, 0.15) is 11.6 Å². The quantitative estimate of drug-likeness (QED) is 0.852. The molecule has 20 heavy (non-hydrogen) atoms. The number of nitrogens with one attached hydrogen (secondary N) is 1. The van der Waals surface area contributed by atoms with Gasteiger partial charge in [-0.05, 0) is 38.1 Å². The molecule has 2 aromatic rings. The smallest absolute Gasteiger partial charge is 0.186 e. The maximum atomic E-state index is 13.7. The fraction of sp³-hybridized carbons (Fsp3) is 0.286. The second-order valence-electron chi connectivity index (χ2n) is 4.16. The molecule has 0 aliphatic carbocycles. The summed E-state index contributed by atoms with van der Waals surface area (Å²) in [5, 5.41) is 2.88. The number of rotatable bonds is 5. The Labute approximate surface area is 120 Å². The zero-order valence-electron chi connectivity index (χ0n) is 11.3. The van der Waals surface area contributed by atoms with Crippen molar-refractivity contribution < 1.29 is 8.78 Å². The lowest BCUT2D eigenvalue weighted by atomic mass is 10.3. The van der Waals surface area contributed by atoms with Gasteiger partial charge in [-0.3, -0.25) is 0 Å².